The predicted octanol–water partition coefficient (Wildman–Crippen LogP) is 0.994. The van der Waals surface area contributed by atoms with E-state index >= 15 is 0 Å². The maximum atomic E-state index is 12.1. The lowest BCUT2D eigenvalue weighted by atomic mass is 9.89. The zero-order valence-electron chi connectivity index (χ0n) is 11.1. The van der Waals surface area contributed by atoms with Gasteiger partial charge in [-0.1, -0.05) is 6.92 Å². The van der Waals surface area contributed by atoms with Crippen molar-refractivity contribution >= 4 is 11.8 Å². The fourth-order valence-corrected chi connectivity index (χ4v) is 2.70. The summed E-state index contributed by atoms with van der Waals surface area (Å²) >= 11 is 0. The largest absolute Gasteiger partial charge is 0.338 e. The molecule has 1 aromatic heterocycles. The van der Waals surface area contributed by atoms with Crippen molar-refractivity contribution in [2.45, 2.75) is 26.7 Å². The minimum atomic E-state index is -0.147. The first-order chi connectivity index (χ1) is 8.54. The molecule has 2 atom stereocenters. The number of hydrogen-bond acceptors (Lipinski definition) is 3. The normalized spacial score (nSPS) is 23.7. The molecule has 1 aromatic rings. The van der Waals surface area contributed by atoms with Gasteiger partial charge in [-0.3, -0.25) is 14.5 Å². The average molecular weight is 249 g/mol. The fraction of sp³-hybridized carbons (Fsp3) is 0.615. The number of carbonyl (C=O) groups is 2. The summed E-state index contributed by atoms with van der Waals surface area (Å²) in [6.45, 7) is 4.00. The van der Waals surface area contributed by atoms with E-state index in [-0.39, 0.29) is 23.7 Å². The number of rotatable bonds is 3. The minimum absolute atomic E-state index is 0.0165. The topological polar surface area (TPSA) is 55.2 Å². The predicted molar refractivity (Wildman–Crippen MR) is 66.6 cm³/mol. The van der Waals surface area contributed by atoms with Crippen LogP contribution in [-0.4, -0.2) is 32.8 Å². The second kappa shape index (κ2) is 4.92. The van der Waals surface area contributed by atoms with Crippen LogP contribution in [0, 0.1) is 11.8 Å². The van der Waals surface area contributed by atoms with Crippen molar-refractivity contribution < 1.29 is 9.59 Å². The molecule has 0 unspecified atom stereocenters. The highest BCUT2D eigenvalue weighted by Gasteiger charge is 2.40. The van der Waals surface area contributed by atoms with E-state index < -0.39 is 0 Å². The van der Waals surface area contributed by atoms with Crippen molar-refractivity contribution in [3.05, 3.63) is 18.2 Å². The monoisotopic (exact) mass is 249 g/mol. The van der Waals surface area contributed by atoms with E-state index in [2.05, 4.69) is 4.98 Å². The van der Waals surface area contributed by atoms with Gasteiger partial charge in [0.2, 0.25) is 11.8 Å². The van der Waals surface area contributed by atoms with Crippen LogP contribution in [0.4, 0.5) is 0 Å². The van der Waals surface area contributed by atoms with Crippen molar-refractivity contribution in [3.8, 4) is 0 Å². The molecule has 0 aliphatic carbocycles. The van der Waals surface area contributed by atoms with Crippen molar-refractivity contribution in [2.24, 2.45) is 18.9 Å². The lowest BCUT2D eigenvalue weighted by Gasteiger charge is -2.14. The van der Waals surface area contributed by atoms with Crippen LogP contribution in [0.1, 0.15) is 26.0 Å². The molecular weight excluding hydrogens is 230 g/mol. The lowest BCUT2D eigenvalue weighted by molar-refractivity contribution is -0.142. The summed E-state index contributed by atoms with van der Waals surface area (Å²) in [6.07, 6.45) is 5.17. The van der Waals surface area contributed by atoms with Gasteiger partial charge in [0.1, 0.15) is 0 Å². The second-order valence-electron chi connectivity index (χ2n) is 4.94. The second-order valence-corrected chi connectivity index (χ2v) is 4.94. The van der Waals surface area contributed by atoms with Gasteiger partial charge in [0.15, 0.2) is 0 Å². The maximum Gasteiger partial charge on any atom is 0.232 e. The Morgan fingerprint density at radius 1 is 1.56 bits per heavy atom. The summed E-state index contributed by atoms with van der Waals surface area (Å²) in [4.78, 5) is 29.0. The molecule has 0 saturated carbocycles. The number of aromatic nitrogens is 2. The van der Waals surface area contributed by atoms with Gasteiger partial charge >= 0.3 is 0 Å². The lowest BCUT2D eigenvalue weighted by Crippen LogP contribution is -2.31. The van der Waals surface area contributed by atoms with E-state index in [0.717, 1.165) is 18.5 Å². The Morgan fingerprint density at radius 2 is 2.28 bits per heavy atom. The molecule has 0 radical (unpaired) electrons. The number of likely N-dealkylation sites (tertiary alicyclic amines) is 1. The third kappa shape index (κ3) is 2.17. The quantitative estimate of drug-likeness (QED) is 0.803. The summed E-state index contributed by atoms with van der Waals surface area (Å²) in [5.74, 6) is 0.00808. The fourth-order valence-electron chi connectivity index (χ4n) is 2.70. The van der Waals surface area contributed by atoms with Gasteiger partial charge in [0, 0.05) is 38.3 Å². The van der Waals surface area contributed by atoms with E-state index in [0.29, 0.717) is 6.54 Å². The first-order valence-corrected chi connectivity index (χ1v) is 6.31. The van der Waals surface area contributed by atoms with Crippen molar-refractivity contribution in [3.63, 3.8) is 0 Å². The molecular formula is C13H19N3O2. The van der Waals surface area contributed by atoms with Crippen LogP contribution >= 0.6 is 0 Å². The Morgan fingerprint density at radius 3 is 2.78 bits per heavy atom. The molecule has 2 rings (SSSR count). The molecule has 2 heterocycles. The van der Waals surface area contributed by atoms with E-state index in [1.807, 2.05) is 24.7 Å². The van der Waals surface area contributed by atoms with Crippen LogP contribution < -0.4 is 0 Å². The van der Waals surface area contributed by atoms with Crippen LogP contribution in [-0.2, 0) is 23.1 Å². The molecule has 2 amide bonds. The Labute approximate surface area is 107 Å². The van der Waals surface area contributed by atoms with Crippen LogP contribution in [0.3, 0.4) is 0 Å². The van der Waals surface area contributed by atoms with Gasteiger partial charge in [-0.05, 0) is 18.8 Å². The number of amides is 2. The van der Waals surface area contributed by atoms with Gasteiger partial charge in [0.05, 0.1) is 6.33 Å². The summed E-state index contributed by atoms with van der Waals surface area (Å²) in [6, 6.07) is 0. The molecule has 18 heavy (non-hydrogen) atoms. The van der Waals surface area contributed by atoms with Gasteiger partial charge in [-0.25, -0.2) is 4.98 Å². The molecule has 1 fully saturated rings. The van der Waals surface area contributed by atoms with E-state index in [4.69, 9.17) is 0 Å². The highest BCUT2D eigenvalue weighted by molar-refractivity contribution is 5.97. The Balaban J connectivity index is 2.15. The standard InChI is InChI=1S/C13H19N3O2/c1-4-12-10(5-11-6-14-8-15(11)3)7-16(9(2)17)13(12)18/h6,8,10,12H,4-5,7H2,1-3H3/t10-,12+/m0/s1. The molecule has 1 saturated heterocycles. The third-order valence-electron chi connectivity index (χ3n) is 3.78. The van der Waals surface area contributed by atoms with E-state index in [9.17, 15) is 9.59 Å². The molecule has 0 spiro atoms. The summed E-state index contributed by atoms with van der Waals surface area (Å²) in [5.41, 5.74) is 1.11. The zero-order chi connectivity index (χ0) is 13.3. The van der Waals surface area contributed by atoms with Crippen molar-refractivity contribution in [2.75, 3.05) is 6.54 Å². The molecule has 1 aliphatic rings. The minimum Gasteiger partial charge on any atom is -0.338 e. The molecule has 0 aromatic carbocycles. The number of hydrogen-bond donors (Lipinski definition) is 0. The first kappa shape index (κ1) is 12.8. The van der Waals surface area contributed by atoms with Gasteiger partial charge in [-0.2, -0.15) is 0 Å². The summed E-state index contributed by atoms with van der Waals surface area (Å²) in [5, 5.41) is 0. The van der Waals surface area contributed by atoms with E-state index in [1.54, 1.807) is 6.33 Å². The van der Waals surface area contributed by atoms with Crippen LogP contribution in [0.5, 0.6) is 0 Å². The number of imidazole rings is 1. The molecule has 98 valence electrons. The molecule has 5 nitrogen and oxygen atoms in total. The van der Waals surface area contributed by atoms with Gasteiger partial charge in [-0.15, -0.1) is 0 Å². The van der Waals surface area contributed by atoms with Crippen molar-refractivity contribution in [1.82, 2.24) is 14.5 Å². The highest BCUT2D eigenvalue weighted by Crippen LogP contribution is 2.30. The summed E-state index contributed by atoms with van der Waals surface area (Å²) in [7, 11) is 1.95. The van der Waals surface area contributed by atoms with Crippen LogP contribution in [0.25, 0.3) is 0 Å². The van der Waals surface area contributed by atoms with Gasteiger partial charge in [0.25, 0.3) is 0 Å². The Bertz CT molecular complexity index is 467. The third-order valence-corrected chi connectivity index (χ3v) is 3.78. The first-order valence-electron chi connectivity index (χ1n) is 6.31. The number of carbonyl (C=O) groups excluding carboxylic acids is 2. The SMILES string of the molecule is CC[C@H]1C(=O)N(C(C)=O)C[C@@H]1Cc1cncn1C. The molecule has 0 bridgehead atoms. The molecule has 1 aliphatic heterocycles. The Kier molecular flexibility index (Phi) is 3.50. The maximum absolute atomic E-state index is 12.1. The zero-order valence-corrected chi connectivity index (χ0v) is 11.1. The average Bonchev–Trinajstić information content (AvgIpc) is 2.84. The van der Waals surface area contributed by atoms with Crippen LogP contribution in [0.15, 0.2) is 12.5 Å². The van der Waals surface area contributed by atoms with Crippen LogP contribution in [0.2, 0.25) is 0 Å². The summed E-state index contributed by atoms with van der Waals surface area (Å²) < 4.78 is 1.97. The number of imide groups is 1. The van der Waals surface area contributed by atoms with E-state index in [1.165, 1.54) is 11.8 Å². The van der Waals surface area contributed by atoms with Crippen molar-refractivity contribution in [1.29, 1.82) is 0 Å². The number of nitrogens with zero attached hydrogens (tertiary/aromatic N) is 3. The molecule has 5 heteroatoms. The number of aryl methyl sites for hydroxylation is 1. The van der Waals surface area contributed by atoms with Gasteiger partial charge < -0.3 is 4.57 Å². The highest BCUT2D eigenvalue weighted by atomic mass is 16.2. The molecule has 0 N–H and O–H groups in total. The smallest absolute Gasteiger partial charge is 0.232 e. The Hall–Kier alpha value is -1.65.